The number of hydrogen-bond donors (Lipinski definition) is 1. The minimum absolute atomic E-state index is 0.0102. The van der Waals surface area contributed by atoms with Crippen molar-refractivity contribution in [1.29, 1.82) is 0 Å². The Hall–Kier alpha value is -1.92. The SMILES string of the molecule is C[C@H](O)c1cccc(OCc2ccc(Br)cc2[N+](=O)[O-])c1. The number of nitrogens with zero attached hydrogens (tertiary/aromatic N) is 1. The van der Waals surface area contributed by atoms with Crippen LogP contribution in [0.3, 0.4) is 0 Å². The molecule has 0 aliphatic rings. The number of aliphatic hydroxyl groups is 1. The van der Waals surface area contributed by atoms with E-state index in [9.17, 15) is 15.2 Å². The van der Waals surface area contributed by atoms with Crippen LogP contribution in [0.25, 0.3) is 0 Å². The highest BCUT2D eigenvalue weighted by Crippen LogP contribution is 2.25. The number of halogens is 1. The smallest absolute Gasteiger partial charge is 0.277 e. The summed E-state index contributed by atoms with van der Waals surface area (Å²) in [6.07, 6.45) is -0.587. The molecule has 0 aliphatic heterocycles. The van der Waals surface area contributed by atoms with Crippen LogP contribution >= 0.6 is 15.9 Å². The highest BCUT2D eigenvalue weighted by molar-refractivity contribution is 9.10. The Bertz CT molecular complexity index is 658. The van der Waals surface area contributed by atoms with Gasteiger partial charge in [-0.2, -0.15) is 0 Å². The van der Waals surface area contributed by atoms with E-state index in [1.54, 1.807) is 43.3 Å². The van der Waals surface area contributed by atoms with Crippen LogP contribution in [0.4, 0.5) is 5.69 Å². The molecule has 0 aliphatic carbocycles. The van der Waals surface area contributed by atoms with Crippen LogP contribution in [0.2, 0.25) is 0 Å². The summed E-state index contributed by atoms with van der Waals surface area (Å²) in [6.45, 7) is 1.76. The Morgan fingerprint density at radius 2 is 2.10 bits per heavy atom. The van der Waals surface area contributed by atoms with Crippen molar-refractivity contribution in [3.63, 3.8) is 0 Å². The monoisotopic (exact) mass is 351 g/mol. The van der Waals surface area contributed by atoms with Gasteiger partial charge in [-0.05, 0) is 36.8 Å². The van der Waals surface area contributed by atoms with Crippen LogP contribution in [0, 0.1) is 10.1 Å². The lowest BCUT2D eigenvalue weighted by Gasteiger charge is -2.10. The molecule has 0 unspecified atom stereocenters. The topological polar surface area (TPSA) is 72.6 Å². The maximum atomic E-state index is 11.0. The molecule has 1 atom stereocenters. The molecule has 2 aromatic carbocycles. The van der Waals surface area contributed by atoms with Gasteiger partial charge in [0.1, 0.15) is 12.4 Å². The van der Waals surface area contributed by atoms with Gasteiger partial charge in [-0.25, -0.2) is 0 Å². The van der Waals surface area contributed by atoms with Crippen LogP contribution in [0.15, 0.2) is 46.9 Å². The van der Waals surface area contributed by atoms with Gasteiger partial charge in [0, 0.05) is 10.5 Å². The van der Waals surface area contributed by atoms with Crippen molar-refractivity contribution in [1.82, 2.24) is 0 Å². The second-order valence-corrected chi connectivity index (χ2v) is 5.48. The summed E-state index contributed by atoms with van der Waals surface area (Å²) < 4.78 is 6.23. The van der Waals surface area contributed by atoms with E-state index in [0.717, 1.165) is 5.56 Å². The average Bonchev–Trinajstić information content (AvgIpc) is 2.46. The van der Waals surface area contributed by atoms with E-state index in [1.165, 1.54) is 6.07 Å². The maximum absolute atomic E-state index is 11.0. The van der Waals surface area contributed by atoms with Gasteiger partial charge in [-0.15, -0.1) is 0 Å². The van der Waals surface area contributed by atoms with Crippen molar-refractivity contribution in [2.45, 2.75) is 19.6 Å². The van der Waals surface area contributed by atoms with Crippen LogP contribution in [-0.4, -0.2) is 10.0 Å². The van der Waals surface area contributed by atoms with E-state index in [4.69, 9.17) is 4.74 Å². The third-order valence-corrected chi connectivity index (χ3v) is 3.47. The molecule has 6 heteroatoms. The summed E-state index contributed by atoms with van der Waals surface area (Å²) in [5, 5.41) is 20.6. The van der Waals surface area contributed by atoms with Gasteiger partial charge in [-0.3, -0.25) is 10.1 Å². The second-order valence-electron chi connectivity index (χ2n) is 4.57. The molecule has 5 nitrogen and oxygen atoms in total. The van der Waals surface area contributed by atoms with Crippen LogP contribution < -0.4 is 4.74 Å². The van der Waals surface area contributed by atoms with Crippen molar-refractivity contribution >= 4 is 21.6 Å². The quantitative estimate of drug-likeness (QED) is 0.652. The minimum Gasteiger partial charge on any atom is -0.489 e. The van der Waals surface area contributed by atoms with Gasteiger partial charge < -0.3 is 9.84 Å². The fraction of sp³-hybridized carbons (Fsp3) is 0.200. The van der Waals surface area contributed by atoms with Crippen molar-refractivity contribution in [3.8, 4) is 5.75 Å². The largest absolute Gasteiger partial charge is 0.489 e. The first kappa shape index (κ1) is 15.5. The normalized spacial score (nSPS) is 12.0. The summed E-state index contributed by atoms with van der Waals surface area (Å²) >= 11 is 3.21. The number of benzene rings is 2. The third-order valence-electron chi connectivity index (χ3n) is 2.98. The molecule has 0 spiro atoms. The fourth-order valence-corrected chi connectivity index (χ4v) is 2.20. The van der Waals surface area contributed by atoms with Crippen molar-refractivity contribution in [2.75, 3.05) is 0 Å². The van der Waals surface area contributed by atoms with Crippen LogP contribution in [0.1, 0.15) is 24.2 Å². The summed E-state index contributed by atoms with van der Waals surface area (Å²) in [5.41, 5.74) is 1.24. The Kier molecular flexibility index (Phi) is 4.93. The Morgan fingerprint density at radius 3 is 2.76 bits per heavy atom. The Labute approximate surface area is 130 Å². The van der Waals surface area contributed by atoms with Crippen LogP contribution in [0.5, 0.6) is 5.75 Å². The average molecular weight is 352 g/mol. The predicted octanol–water partition coefficient (Wildman–Crippen LogP) is 3.99. The zero-order valence-electron chi connectivity index (χ0n) is 11.3. The number of nitro groups is 1. The number of ether oxygens (including phenoxy) is 1. The van der Waals surface area contributed by atoms with Crippen molar-refractivity contribution < 1.29 is 14.8 Å². The number of nitro benzene ring substituents is 1. The third kappa shape index (κ3) is 4.03. The van der Waals surface area contributed by atoms with Crippen LogP contribution in [-0.2, 0) is 6.61 Å². The lowest BCUT2D eigenvalue weighted by molar-refractivity contribution is -0.385. The standard InChI is InChI=1S/C15H14BrNO4/c1-10(18)11-3-2-4-14(7-11)21-9-12-5-6-13(16)8-15(12)17(19)20/h2-8,10,18H,9H2,1H3/t10-/m0/s1. The fourth-order valence-electron chi connectivity index (χ4n) is 1.85. The van der Waals surface area contributed by atoms with E-state index in [-0.39, 0.29) is 12.3 Å². The molecule has 110 valence electrons. The van der Waals surface area contributed by atoms with Gasteiger partial charge >= 0.3 is 0 Å². The summed E-state index contributed by atoms with van der Waals surface area (Å²) in [6, 6.07) is 11.9. The van der Waals surface area contributed by atoms with Crippen molar-refractivity contribution in [2.24, 2.45) is 0 Å². The molecule has 0 heterocycles. The van der Waals surface area contributed by atoms with E-state index in [0.29, 0.717) is 15.8 Å². The van der Waals surface area contributed by atoms with E-state index in [1.807, 2.05) is 0 Å². The Morgan fingerprint density at radius 1 is 1.33 bits per heavy atom. The minimum atomic E-state index is -0.587. The zero-order chi connectivity index (χ0) is 15.4. The molecular formula is C15H14BrNO4. The molecule has 0 fully saturated rings. The number of aliphatic hydroxyl groups excluding tert-OH is 1. The molecule has 2 rings (SSSR count). The van der Waals surface area contributed by atoms with Crippen molar-refractivity contribution in [3.05, 3.63) is 68.2 Å². The van der Waals surface area contributed by atoms with Gasteiger partial charge in [0.15, 0.2) is 0 Å². The zero-order valence-corrected chi connectivity index (χ0v) is 12.9. The molecule has 0 saturated carbocycles. The highest BCUT2D eigenvalue weighted by Gasteiger charge is 2.14. The molecule has 2 aromatic rings. The van der Waals surface area contributed by atoms with E-state index < -0.39 is 11.0 Å². The lowest BCUT2D eigenvalue weighted by atomic mass is 10.1. The summed E-state index contributed by atoms with van der Waals surface area (Å²) in [4.78, 5) is 10.6. The molecule has 21 heavy (non-hydrogen) atoms. The summed E-state index contributed by atoms with van der Waals surface area (Å²) in [7, 11) is 0. The second kappa shape index (κ2) is 6.69. The maximum Gasteiger partial charge on any atom is 0.277 e. The molecule has 0 bridgehead atoms. The molecule has 0 amide bonds. The molecule has 0 aromatic heterocycles. The van der Waals surface area contributed by atoms with Gasteiger partial charge in [0.05, 0.1) is 16.6 Å². The summed E-state index contributed by atoms with van der Waals surface area (Å²) in [5.74, 6) is 0.561. The molecule has 0 radical (unpaired) electrons. The number of rotatable bonds is 5. The first-order valence-electron chi connectivity index (χ1n) is 6.31. The molecule has 1 N–H and O–H groups in total. The van der Waals surface area contributed by atoms with Gasteiger partial charge in [0.2, 0.25) is 0 Å². The van der Waals surface area contributed by atoms with E-state index in [2.05, 4.69) is 15.9 Å². The van der Waals surface area contributed by atoms with Gasteiger partial charge in [0.25, 0.3) is 5.69 Å². The predicted molar refractivity (Wildman–Crippen MR) is 82.2 cm³/mol. The molecule has 0 saturated heterocycles. The highest BCUT2D eigenvalue weighted by atomic mass is 79.9. The Balaban J connectivity index is 2.17. The first-order valence-corrected chi connectivity index (χ1v) is 7.10. The number of hydrogen-bond acceptors (Lipinski definition) is 4. The first-order chi connectivity index (χ1) is 9.97. The lowest BCUT2D eigenvalue weighted by Crippen LogP contribution is -2.01. The molecular weight excluding hydrogens is 338 g/mol. The van der Waals surface area contributed by atoms with E-state index >= 15 is 0 Å². The van der Waals surface area contributed by atoms with Gasteiger partial charge in [-0.1, -0.05) is 28.1 Å².